The molecule has 0 aliphatic carbocycles. The molecule has 1 atom stereocenters. The maximum absolute atomic E-state index is 6.29. The topological polar surface area (TPSA) is 64.9 Å². The van der Waals surface area contributed by atoms with Crippen LogP contribution in [0.4, 0.5) is 0 Å². The molecule has 0 bridgehead atoms. The van der Waals surface area contributed by atoms with E-state index in [0.29, 0.717) is 11.7 Å². The van der Waals surface area contributed by atoms with Gasteiger partial charge in [-0.05, 0) is 13.3 Å². The first kappa shape index (κ1) is 15.2. The van der Waals surface area contributed by atoms with Crippen LogP contribution in [0.5, 0.6) is 0 Å². The molecule has 0 fully saturated rings. The molecule has 1 aromatic rings. The molecule has 18 heavy (non-hydrogen) atoms. The minimum absolute atomic E-state index is 0.121. The van der Waals surface area contributed by atoms with E-state index in [0.717, 1.165) is 12.8 Å². The van der Waals surface area contributed by atoms with Crippen LogP contribution in [0.25, 0.3) is 0 Å². The molecular formula is C14H27N3O. The molecule has 1 rings (SSSR count). The van der Waals surface area contributed by atoms with E-state index in [1.807, 2.05) is 6.92 Å². The quantitative estimate of drug-likeness (QED) is 0.788. The molecule has 0 saturated heterocycles. The highest BCUT2D eigenvalue weighted by atomic mass is 16.5. The molecule has 0 amide bonds. The van der Waals surface area contributed by atoms with Gasteiger partial charge in [0.2, 0.25) is 5.89 Å². The molecular weight excluding hydrogens is 226 g/mol. The first-order valence-electron chi connectivity index (χ1n) is 6.91. The first-order chi connectivity index (χ1) is 8.27. The van der Waals surface area contributed by atoms with Gasteiger partial charge < -0.3 is 10.3 Å². The van der Waals surface area contributed by atoms with E-state index < -0.39 is 5.54 Å². The van der Waals surface area contributed by atoms with Crippen molar-refractivity contribution in [1.29, 1.82) is 0 Å². The smallest absolute Gasteiger partial charge is 0.232 e. The van der Waals surface area contributed by atoms with Gasteiger partial charge in [-0.2, -0.15) is 4.98 Å². The fourth-order valence-corrected chi connectivity index (χ4v) is 1.79. The summed E-state index contributed by atoms with van der Waals surface area (Å²) in [5.74, 6) is 1.28. The first-order valence-corrected chi connectivity index (χ1v) is 6.91. The molecule has 0 aliphatic rings. The molecule has 0 radical (unpaired) electrons. The summed E-state index contributed by atoms with van der Waals surface area (Å²) in [5, 5.41) is 4.04. The molecule has 4 nitrogen and oxygen atoms in total. The molecule has 4 heteroatoms. The lowest BCUT2D eigenvalue weighted by atomic mass is 9.94. The van der Waals surface area contributed by atoms with Crippen molar-refractivity contribution in [3.8, 4) is 0 Å². The van der Waals surface area contributed by atoms with E-state index in [9.17, 15) is 0 Å². The van der Waals surface area contributed by atoms with Gasteiger partial charge in [-0.1, -0.05) is 58.5 Å². The monoisotopic (exact) mass is 253 g/mol. The Morgan fingerprint density at radius 1 is 1.11 bits per heavy atom. The minimum Gasteiger partial charge on any atom is -0.339 e. The van der Waals surface area contributed by atoms with Gasteiger partial charge in [0, 0.05) is 5.41 Å². The normalized spacial score (nSPS) is 15.7. The summed E-state index contributed by atoms with van der Waals surface area (Å²) in [6.45, 7) is 10.4. The van der Waals surface area contributed by atoms with Crippen LogP contribution in [-0.2, 0) is 11.0 Å². The third-order valence-corrected chi connectivity index (χ3v) is 3.13. The highest BCUT2D eigenvalue weighted by molar-refractivity contribution is 5.05. The molecule has 1 heterocycles. The van der Waals surface area contributed by atoms with E-state index >= 15 is 0 Å². The number of nitrogens with zero attached hydrogens (tertiary/aromatic N) is 2. The van der Waals surface area contributed by atoms with E-state index in [1.165, 1.54) is 19.3 Å². The third-order valence-electron chi connectivity index (χ3n) is 3.13. The van der Waals surface area contributed by atoms with Crippen molar-refractivity contribution in [1.82, 2.24) is 10.1 Å². The second kappa shape index (κ2) is 5.83. The lowest BCUT2D eigenvalue weighted by Gasteiger charge is -2.20. The highest BCUT2D eigenvalue weighted by Gasteiger charge is 2.30. The van der Waals surface area contributed by atoms with Gasteiger partial charge in [-0.15, -0.1) is 0 Å². The molecule has 104 valence electrons. The average molecular weight is 253 g/mol. The number of aromatic nitrogens is 2. The van der Waals surface area contributed by atoms with Crippen LogP contribution in [0.15, 0.2) is 4.52 Å². The van der Waals surface area contributed by atoms with Crippen molar-refractivity contribution in [3.63, 3.8) is 0 Å². The maximum atomic E-state index is 6.29. The Morgan fingerprint density at radius 3 is 2.28 bits per heavy atom. The fraction of sp³-hybridized carbons (Fsp3) is 0.857. The lowest BCUT2D eigenvalue weighted by molar-refractivity contribution is 0.308. The van der Waals surface area contributed by atoms with Crippen LogP contribution in [0.1, 0.15) is 78.4 Å². The van der Waals surface area contributed by atoms with E-state index in [1.54, 1.807) is 0 Å². The van der Waals surface area contributed by atoms with E-state index in [-0.39, 0.29) is 5.41 Å². The Morgan fingerprint density at radius 2 is 1.78 bits per heavy atom. The van der Waals surface area contributed by atoms with Gasteiger partial charge in [0.1, 0.15) is 0 Å². The zero-order valence-electron chi connectivity index (χ0n) is 12.4. The van der Waals surface area contributed by atoms with E-state index in [4.69, 9.17) is 10.3 Å². The van der Waals surface area contributed by atoms with Crippen molar-refractivity contribution in [3.05, 3.63) is 11.7 Å². The molecule has 1 unspecified atom stereocenters. The summed E-state index contributed by atoms with van der Waals surface area (Å²) in [7, 11) is 0. The van der Waals surface area contributed by atoms with Crippen molar-refractivity contribution < 1.29 is 4.52 Å². The Labute approximate surface area is 110 Å². The predicted octanol–water partition coefficient (Wildman–Crippen LogP) is 3.51. The highest BCUT2D eigenvalue weighted by Crippen LogP contribution is 2.26. The number of rotatable bonds is 6. The minimum atomic E-state index is -0.485. The van der Waals surface area contributed by atoms with Gasteiger partial charge in [0.15, 0.2) is 5.82 Å². The maximum Gasteiger partial charge on any atom is 0.232 e. The van der Waals surface area contributed by atoms with Crippen molar-refractivity contribution >= 4 is 0 Å². The van der Waals surface area contributed by atoms with Crippen LogP contribution in [0.2, 0.25) is 0 Å². The van der Waals surface area contributed by atoms with Crippen molar-refractivity contribution in [2.24, 2.45) is 5.73 Å². The predicted molar refractivity (Wildman–Crippen MR) is 73.3 cm³/mol. The van der Waals surface area contributed by atoms with Crippen LogP contribution in [-0.4, -0.2) is 10.1 Å². The van der Waals surface area contributed by atoms with Gasteiger partial charge in [-0.25, -0.2) is 0 Å². The van der Waals surface area contributed by atoms with Crippen LogP contribution in [0.3, 0.4) is 0 Å². The second-order valence-corrected chi connectivity index (χ2v) is 6.40. The number of hydrogen-bond acceptors (Lipinski definition) is 4. The third kappa shape index (κ3) is 4.09. The summed E-state index contributed by atoms with van der Waals surface area (Å²) < 4.78 is 5.30. The largest absolute Gasteiger partial charge is 0.339 e. The van der Waals surface area contributed by atoms with Gasteiger partial charge >= 0.3 is 0 Å². The summed E-state index contributed by atoms with van der Waals surface area (Å²) >= 11 is 0. The summed E-state index contributed by atoms with van der Waals surface area (Å²) in [4.78, 5) is 4.45. The lowest BCUT2D eigenvalue weighted by Crippen LogP contribution is -2.34. The Hall–Kier alpha value is -0.900. The zero-order chi connectivity index (χ0) is 13.8. The average Bonchev–Trinajstić information content (AvgIpc) is 2.73. The molecule has 0 aromatic carbocycles. The molecule has 0 saturated carbocycles. The Balaban J connectivity index is 2.64. The van der Waals surface area contributed by atoms with Gasteiger partial charge in [0.25, 0.3) is 0 Å². The second-order valence-electron chi connectivity index (χ2n) is 6.40. The molecule has 1 aromatic heterocycles. The van der Waals surface area contributed by atoms with E-state index in [2.05, 4.69) is 37.8 Å². The van der Waals surface area contributed by atoms with Crippen LogP contribution < -0.4 is 5.73 Å². The molecule has 2 N–H and O–H groups in total. The van der Waals surface area contributed by atoms with Crippen LogP contribution in [0, 0.1) is 0 Å². The number of hydrogen-bond donors (Lipinski definition) is 1. The summed E-state index contributed by atoms with van der Waals surface area (Å²) in [6, 6.07) is 0. The van der Waals surface area contributed by atoms with Gasteiger partial charge in [0.05, 0.1) is 5.54 Å². The SMILES string of the molecule is CCCCCCC(C)(N)c1noc(C(C)(C)C)n1. The van der Waals surface area contributed by atoms with Gasteiger partial charge in [-0.3, -0.25) is 0 Å². The standard InChI is InChI=1S/C14H27N3O/c1-6-7-8-9-10-14(5,15)11-16-12(18-17-11)13(2,3)4/h6-10,15H2,1-5H3. The summed E-state index contributed by atoms with van der Waals surface area (Å²) in [6.07, 6.45) is 5.72. The zero-order valence-corrected chi connectivity index (χ0v) is 12.4. The Bertz CT molecular complexity index is 363. The fourth-order valence-electron chi connectivity index (χ4n) is 1.79. The number of unbranched alkanes of at least 4 members (excludes halogenated alkanes) is 3. The Kier molecular flexibility index (Phi) is 4.91. The van der Waals surface area contributed by atoms with Crippen molar-refractivity contribution in [2.75, 3.05) is 0 Å². The number of nitrogens with two attached hydrogens (primary N) is 1. The molecule has 0 spiro atoms. The van der Waals surface area contributed by atoms with Crippen LogP contribution >= 0.6 is 0 Å². The molecule has 0 aliphatic heterocycles. The summed E-state index contributed by atoms with van der Waals surface area (Å²) in [5.41, 5.74) is 5.69. The van der Waals surface area contributed by atoms with Crippen molar-refractivity contribution in [2.45, 2.75) is 77.7 Å².